The standard InChI is InChI=1S/C13H19ClN2O2/c1-3-4-7-16(13(17)9-15)10-5-6-12(18-2)11(14)8-10/h5-6,8H,3-4,7,9,15H2,1-2H3. The van der Waals surface area contributed by atoms with Crippen LogP contribution in [0.2, 0.25) is 5.02 Å². The van der Waals surface area contributed by atoms with Crippen molar-refractivity contribution in [2.24, 2.45) is 5.73 Å². The van der Waals surface area contributed by atoms with E-state index >= 15 is 0 Å². The Morgan fingerprint density at radius 2 is 2.22 bits per heavy atom. The van der Waals surface area contributed by atoms with E-state index < -0.39 is 0 Å². The van der Waals surface area contributed by atoms with Crippen molar-refractivity contribution in [3.63, 3.8) is 0 Å². The molecule has 0 atom stereocenters. The van der Waals surface area contributed by atoms with E-state index in [0.29, 0.717) is 17.3 Å². The minimum absolute atomic E-state index is 0.00658. The lowest BCUT2D eigenvalue weighted by Gasteiger charge is -2.22. The van der Waals surface area contributed by atoms with Crippen LogP contribution < -0.4 is 15.4 Å². The van der Waals surface area contributed by atoms with Crippen LogP contribution in [0.1, 0.15) is 19.8 Å². The first-order valence-electron chi connectivity index (χ1n) is 5.98. The Labute approximate surface area is 113 Å². The second kappa shape index (κ2) is 7.24. The van der Waals surface area contributed by atoms with Gasteiger partial charge < -0.3 is 15.4 Å². The lowest BCUT2D eigenvalue weighted by atomic mass is 10.2. The maximum Gasteiger partial charge on any atom is 0.240 e. The van der Waals surface area contributed by atoms with Gasteiger partial charge in [0.15, 0.2) is 0 Å². The van der Waals surface area contributed by atoms with E-state index in [1.165, 1.54) is 0 Å². The first-order chi connectivity index (χ1) is 8.63. The highest BCUT2D eigenvalue weighted by Crippen LogP contribution is 2.29. The fourth-order valence-corrected chi connectivity index (χ4v) is 1.90. The monoisotopic (exact) mass is 270 g/mol. The third-order valence-electron chi connectivity index (χ3n) is 2.66. The minimum atomic E-state index is -0.107. The molecule has 2 N–H and O–H groups in total. The Morgan fingerprint density at radius 3 is 2.72 bits per heavy atom. The lowest BCUT2D eigenvalue weighted by Crippen LogP contribution is -2.36. The van der Waals surface area contributed by atoms with Crippen molar-refractivity contribution >= 4 is 23.2 Å². The highest BCUT2D eigenvalue weighted by Gasteiger charge is 2.15. The van der Waals surface area contributed by atoms with E-state index in [2.05, 4.69) is 6.92 Å². The van der Waals surface area contributed by atoms with Crippen molar-refractivity contribution in [2.45, 2.75) is 19.8 Å². The molecule has 0 aromatic heterocycles. The van der Waals surface area contributed by atoms with Gasteiger partial charge in [-0.05, 0) is 24.6 Å². The summed E-state index contributed by atoms with van der Waals surface area (Å²) in [5.41, 5.74) is 6.18. The molecule has 0 fully saturated rings. The molecule has 18 heavy (non-hydrogen) atoms. The largest absolute Gasteiger partial charge is 0.495 e. The average molecular weight is 271 g/mol. The fraction of sp³-hybridized carbons (Fsp3) is 0.462. The second-order valence-corrected chi connectivity index (χ2v) is 4.33. The summed E-state index contributed by atoms with van der Waals surface area (Å²) in [4.78, 5) is 13.5. The molecule has 4 nitrogen and oxygen atoms in total. The Kier molecular flexibility index (Phi) is 5.95. The van der Waals surface area contributed by atoms with Crippen LogP contribution >= 0.6 is 11.6 Å². The van der Waals surface area contributed by atoms with Gasteiger partial charge in [-0.15, -0.1) is 0 Å². The number of halogens is 1. The quantitative estimate of drug-likeness (QED) is 0.864. The summed E-state index contributed by atoms with van der Waals surface area (Å²) in [6.07, 6.45) is 1.94. The zero-order valence-electron chi connectivity index (χ0n) is 10.8. The zero-order valence-corrected chi connectivity index (χ0v) is 11.5. The SMILES string of the molecule is CCCCN(C(=O)CN)c1ccc(OC)c(Cl)c1. The molecule has 0 saturated carbocycles. The molecular weight excluding hydrogens is 252 g/mol. The van der Waals surface area contributed by atoms with Crippen molar-refractivity contribution in [3.8, 4) is 5.75 Å². The van der Waals surface area contributed by atoms with E-state index in [-0.39, 0.29) is 12.5 Å². The van der Waals surface area contributed by atoms with Crippen LogP contribution in [0.4, 0.5) is 5.69 Å². The number of benzene rings is 1. The summed E-state index contributed by atoms with van der Waals surface area (Å²) in [6.45, 7) is 2.72. The highest BCUT2D eigenvalue weighted by atomic mass is 35.5. The first kappa shape index (κ1) is 14.8. The molecule has 1 aromatic carbocycles. The van der Waals surface area contributed by atoms with Crippen LogP contribution in [-0.2, 0) is 4.79 Å². The molecule has 0 aliphatic carbocycles. The van der Waals surface area contributed by atoms with Gasteiger partial charge in [-0.1, -0.05) is 24.9 Å². The number of ether oxygens (including phenoxy) is 1. The summed E-state index contributed by atoms with van der Waals surface area (Å²) in [7, 11) is 1.56. The number of nitrogens with two attached hydrogens (primary N) is 1. The molecule has 1 aromatic rings. The molecular formula is C13H19ClN2O2. The van der Waals surface area contributed by atoms with Crippen molar-refractivity contribution < 1.29 is 9.53 Å². The second-order valence-electron chi connectivity index (χ2n) is 3.92. The molecule has 5 heteroatoms. The number of nitrogens with zero attached hydrogens (tertiary/aromatic N) is 1. The Balaban J connectivity index is 2.97. The molecule has 0 radical (unpaired) electrons. The summed E-state index contributed by atoms with van der Waals surface area (Å²) in [5.74, 6) is 0.487. The summed E-state index contributed by atoms with van der Waals surface area (Å²) < 4.78 is 5.09. The van der Waals surface area contributed by atoms with Gasteiger partial charge in [0.2, 0.25) is 5.91 Å². The van der Waals surface area contributed by atoms with Gasteiger partial charge in [-0.3, -0.25) is 4.79 Å². The fourth-order valence-electron chi connectivity index (χ4n) is 1.65. The van der Waals surface area contributed by atoms with Gasteiger partial charge in [0.25, 0.3) is 0 Å². The number of carbonyl (C=O) groups is 1. The Morgan fingerprint density at radius 1 is 1.50 bits per heavy atom. The first-order valence-corrected chi connectivity index (χ1v) is 6.35. The van der Waals surface area contributed by atoms with Crippen LogP contribution in [-0.4, -0.2) is 26.1 Å². The van der Waals surface area contributed by atoms with Crippen molar-refractivity contribution in [1.82, 2.24) is 0 Å². The van der Waals surface area contributed by atoms with Crippen molar-refractivity contribution in [1.29, 1.82) is 0 Å². The smallest absolute Gasteiger partial charge is 0.240 e. The minimum Gasteiger partial charge on any atom is -0.495 e. The molecule has 1 rings (SSSR count). The number of rotatable bonds is 6. The molecule has 0 heterocycles. The topological polar surface area (TPSA) is 55.6 Å². The van der Waals surface area contributed by atoms with E-state index in [1.807, 2.05) is 6.07 Å². The molecule has 0 unspecified atom stereocenters. The Hall–Kier alpha value is -1.26. The van der Waals surface area contributed by atoms with E-state index in [9.17, 15) is 4.79 Å². The van der Waals surface area contributed by atoms with E-state index in [4.69, 9.17) is 22.1 Å². The molecule has 0 spiro atoms. The summed E-state index contributed by atoms with van der Waals surface area (Å²) in [6, 6.07) is 5.29. The predicted molar refractivity (Wildman–Crippen MR) is 74.3 cm³/mol. The number of amides is 1. The summed E-state index contributed by atoms with van der Waals surface area (Å²) >= 11 is 6.06. The van der Waals surface area contributed by atoms with Crippen molar-refractivity contribution in [3.05, 3.63) is 23.2 Å². The van der Waals surface area contributed by atoms with Crippen LogP contribution in [0.3, 0.4) is 0 Å². The number of methoxy groups -OCH3 is 1. The van der Waals surface area contributed by atoms with Gasteiger partial charge in [0, 0.05) is 12.2 Å². The number of unbranched alkanes of at least 4 members (excludes halogenated alkanes) is 1. The van der Waals surface area contributed by atoms with Gasteiger partial charge in [0.1, 0.15) is 5.75 Å². The van der Waals surface area contributed by atoms with E-state index in [1.54, 1.807) is 24.1 Å². The van der Waals surface area contributed by atoms with E-state index in [0.717, 1.165) is 18.5 Å². The highest BCUT2D eigenvalue weighted by molar-refractivity contribution is 6.32. The van der Waals surface area contributed by atoms with Crippen LogP contribution in [0.15, 0.2) is 18.2 Å². The lowest BCUT2D eigenvalue weighted by molar-refractivity contribution is -0.117. The van der Waals surface area contributed by atoms with Gasteiger partial charge >= 0.3 is 0 Å². The Bertz CT molecular complexity index is 410. The molecule has 0 aliphatic rings. The predicted octanol–water partition coefficient (Wildman–Crippen LogP) is 2.44. The number of hydrogen-bond donors (Lipinski definition) is 1. The zero-order chi connectivity index (χ0) is 13.5. The van der Waals surface area contributed by atoms with Gasteiger partial charge in [0.05, 0.1) is 18.7 Å². The average Bonchev–Trinajstić information content (AvgIpc) is 2.39. The van der Waals surface area contributed by atoms with Gasteiger partial charge in [-0.25, -0.2) is 0 Å². The van der Waals surface area contributed by atoms with Crippen LogP contribution in [0.25, 0.3) is 0 Å². The molecule has 0 aliphatic heterocycles. The third kappa shape index (κ3) is 3.62. The summed E-state index contributed by atoms with van der Waals surface area (Å²) in [5, 5.41) is 0.487. The molecule has 0 saturated heterocycles. The molecule has 0 bridgehead atoms. The van der Waals surface area contributed by atoms with Crippen LogP contribution in [0.5, 0.6) is 5.75 Å². The molecule has 1 amide bonds. The van der Waals surface area contributed by atoms with Crippen LogP contribution in [0, 0.1) is 0 Å². The molecule has 100 valence electrons. The number of hydrogen-bond acceptors (Lipinski definition) is 3. The maximum absolute atomic E-state index is 11.8. The normalized spacial score (nSPS) is 10.2. The van der Waals surface area contributed by atoms with Gasteiger partial charge in [-0.2, -0.15) is 0 Å². The third-order valence-corrected chi connectivity index (χ3v) is 2.95. The maximum atomic E-state index is 11.8. The number of carbonyl (C=O) groups excluding carboxylic acids is 1. The van der Waals surface area contributed by atoms with Crippen molar-refractivity contribution in [2.75, 3.05) is 25.1 Å². The number of anilines is 1.